The summed E-state index contributed by atoms with van der Waals surface area (Å²) in [7, 11) is 0. The van der Waals surface area contributed by atoms with Gasteiger partial charge in [0.05, 0.1) is 6.21 Å². The van der Waals surface area contributed by atoms with Crippen molar-refractivity contribution < 1.29 is 9.59 Å². The van der Waals surface area contributed by atoms with E-state index >= 15 is 0 Å². The summed E-state index contributed by atoms with van der Waals surface area (Å²) in [6, 6.07) is 14.2. The van der Waals surface area contributed by atoms with Crippen molar-refractivity contribution >= 4 is 51.2 Å². The maximum atomic E-state index is 11.8. The van der Waals surface area contributed by atoms with Gasteiger partial charge < -0.3 is 5.32 Å². The van der Waals surface area contributed by atoms with Gasteiger partial charge in [-0.2, -0.15) is 5.10 Å². The van der Waals surface area contributed by atoms with E-state index in [0.717, 1.165) is 10.0 Å². The fourth-order valence-corrected chi connectivity index (χ4v) is 2.16. The summed E-state index contributed by atoms with van der Waals surface area (Å²) in [5.41, 5.74) is 3.88. The highest BCUT2D eigenvalue weighted by Crippen LogP contribution is 2.14. The van der Waals surface area contributed by atoms with Crippen molar-refractivity contribution in [2.75, 3.05) is 5.32 Å². The second kappa shape index (κ2) is 9.20. The summed E-state index contributed by atoms with van der Waals surface area (Å²) in [5, 5.41) is 7.19. The lowest BCUT2D eigenvalue weighted by Gasteiger charge is -2.04. The van der Waals surface area contributed by atoms with Crippen LogP contribution in [0.1, 0.15) is 18.4 Å². The van der Waals surface area contributed by atoms with Crippen LogP contribution in [0, 0.1) is 0 Å². The van der Waals surface area contributed by atoms with Crippen LogP contribution in [-0.4, -0.2) is 18.0 Å². The number of hydrazone groups is 1. The van der Waals surface area contributed by atoms with E-state index in [1.807, 2.05) is 12.1 Å². The second-order valence-corrected chi connectivity index (χ2v) is 6.25. The Bertz CT molecular complexity index is 731. The van der Waals surface area contributed by atoms with Gasteiger partial charge in [-0.3, -0.25) is 9.59 Å². The zero-order chi connectivity index (χ0) is 17.4. The maximum absolute atomic E-state index is 11.8. The molecule has 0 atom stereocenters. The highest BCUT2D eigenvalue weighted by Gasteiger charge is 2.06. The molecule has 7 heteroatoms. The van der Waals surface area contributed by atoms with E-state index < -0.39 is 0 Å². The number of benzene rings is 2. The van der Waals surface area contributed by atoms with Crippen LogP contribution >= 0.6 is 27.5 Å². The summed E-state index contributed by atoms with van der Waals surface area (Å²) in [5.74, 6) is -0.555. The molecule has 0 aliphatic carbocycles. The average molecular weight is 409 g/mol. The number of hydrogen-bond acceptors (Lipinski definition) is 3. The number of halogens is 2. The van der Waals surface area contributed by atoms with Crippen molar-refractivity contribution in [3.05, 3.63) is 63.6 Å². The van der Waals surface area contributed by atoms with Crippen LogP contribution in [0.2, 0.25) is 5.02 Å². The van der Waals surface area contributed by atoms with Gasteiger partial charge in [-0.05, 0) is 42.0 Å². The van der Waals surface area contributed by atoms with Crippen LogP contribution in [0.3, 0.4) is 0 Å². The molecule has 0 fully saturated rings. The van der Waals surface area contributed by atoms with Gasteiger partial charge in [0.15, 0.2) is 0 Å². The van der Waals surface area contributed by atoms with Crippen LogP contribution in [0.4, 0.5) is 5.69 Å². The Morgan fingerprint density at radius 2 is 1.62 bits per heavy atom. The lowest BCUT2D eigenvalue weighted by Crippen LogP contribution is -2.20. The van der Waals surface area contributed by atoms with Crippen LogP contribution in [0.5, 0.6) is 0 Å². The normalized spacial score (nSPS) is 10.6. The molecule has 0 aromatic heterocycles. The van der Waals surface area contributed by atoms with Gasteiger partial charge >= 0.3 is 0 Å². The third-order valence-electron chi connectivity index (χ3n) is 2.98. The van der Waals surface area contributed by atoms with Crippen molar-refractivity contribution in [2.24, 2.45) is 5.10 Å². The van der Waals surface area contributed by atoms with Crippen molar-refractivity contribution in [3.63, 3.8) is 0 Å². The summed E-state index contributed by atoms with van der Waals surface area (Å²) < 4.78 is 0.929. The van der Waals surface area contributed by atoms with E-state index in [2.05, 4.69) is 31.8 Å². The molecule has 0 aliphatic rings. The zero-order valence-electron chi connectivity index (χ0n) is 12.6. The number of carbonyl (C=O) groups excluding carboxylic acids is 2. The molecule has 124 valence electrons. The monoisotopic (exact) mass is 407 g/mol. The van der Waals surface area contributed by atoms with Crippen LogP contribution in [0.25, 0.3) is 0 Å². The summed E-state index contributed by atoms with van der Waals surface area (Å²) in [6.07, 6.45) is 1.65. The molecule has 5 nitrogen and oxygen atoms in total. The molecule has 2 aromatic carbocycles. The Morgan fingerprint density at radius 1 is 1.00 bits per heavy atom. The van der Waals surface area contributed by atoms with Gasteiger partial charge in [0, 0.05) is 28.0 Å². The lowest BCUT2D eigenvalue weighted by atomic mass is 10.2. The maximum Gasteiger partial charge on any atom is 0.240 e. The van der Waals surface area contributed by atoms with E-state index in [-0.39, 0.29) is 24.7 Å². The molecule has 2 amide bonds. The summed E-state index contributed by atoms with van der Waals surface area (Å²) in [4.78, 5) is 23.4. The molecule has 2 N–H and O–H groups in total. The van der Waals surface area contributed by atoms with Crippen LogP contribution in [-0.2, 0) is 9.59 Å². The number of nitrogens with one attached hydrogen (secondary N) is 2. The van der Waals surface area contributed by atoms with Gasteiger partial charge in [-0.15, -0.1) is 0 Å². The van der Waals surface area contributed by atoms with Crippen molar-refractivity contribution in [2.45, 2.75) is 12.8 Å². The fourth-order valence-electron chi connectivity index (χ4n) is 1.77. The molecule has 24 heavy (non-hydrogen) atoms. The first-order valence-electron chi connectivity index (χ1n) is 7.16. The Kier molecular flexibility index (Phi) is 6.96. The molecule has 0 heterocycles. The third-order valence-corrected chi connectivity index (χ3v) is 3.76. The first kappa shape index (κ1) is 18.2. The van der Waals surface area contributed by atoms with Crippen LogP contribution in [0.15, 0.2) is 58.1 Å². The van der Waals surface area contributed by atoms with E-state index in [1.54, 1.807) is 36.4 Å². The van der Waals surface area contributed by atoms with Gasteiger partial charge in [-0.25, -0.2) is 5.43 Å². The molecule has 0 aliphatic heterocycles. The smallest absolute Gasteiger partial charge is 0.240 e. The number of hydrogen-bond donors (Lipinski definition) is 2. The number of anilines is 1. The van der Waals surface area contributed by atoms with Gasteiger partial charge in [0.2, 0.25) is 11.8 Å². The first-order chi connectivity index (χ1) is 11.5. The van der Waals surface area contributed by atoms with Crippen LogP contribution < -0.4 is 10.7 Å². The van der Waals surface area contributed by atoms with Gasteiger partial charge in [0.25, 0.3) is 0 Å². The third kappa shape index (κ3) is 6.52. The van der Waals surface area contributed by atoms with E-state index in [1.165, 1.54) is 6.21 Å². The number of amides is 2. The Hall–Kier alpha value is -2.18. The molecule has 2 rings (SSSR count). The molecule has 2 aromatic rings. The van der Waals surface area contributed by atoms with Gasteiger partial charge in [-0.1, -0.05) is 39.7 Å². The molecule has 0 radical (unpaired) electrons. The molecule has 0 saturated heterocycles. The Balaban J connectivity index is 1.71. The molecule has 0 bridgehead atoms. The minimum atomic E-state index is -0.328. The number of carbonyl (C=O) groups is 2. The average Bonchev–Trinajstić information content (AvgIpc) is 2.57. The predicted molar refractivity (Wildman–Crippen MR) is 99.2 cm³/mol. The summed E-state index contributed by atoms with van der Waals surface area (Å²) in [6.45, 7) is 0. The van der Waals surface area contributed by atoms with E-state index in [0.29, 0.717) is 10.7 Å². The second-order valence-electron chi connectivity index (χ2n) is 4.90. The predicted octanol–water partition coefficient (Wildman–Crippen LogP) is 3.97. The molecular weight excluding hydrogens is 394 g/mol. The van der Waals surface area contributed by atoms with E-state index in [4.69, 9.17) is 11.6 Å². The Morgan fingerprint density at radius 3 is 2.29 bits per heavy atom. The minimum Gasteiger partial charge on any atom is -0.326 e. The quantitative estimate of drug-likeness (QED) is 0.561. The van der Waals surface area contributed by atoms with Crippen molar-refractivity contribution in [1.82, 2.24) is 5.43 Å². The molecular formula is C17H15BrClN3O2. The van der Waals surface area contributed by atoms with Crippen molar-refractivity contribution in [3.8, 4) is 0 Å². The summed E-state index contributed by atoms with van der Waals surface area (Å²) >= 11 is 9.10. The van der Waals surface area contributed by atoms with E-state index in [9.17, 15) is 9.59 Å². The molecule has 0 spiro atoms. The largest absolute Gasteiger partial charge is 0.326 e. The standard InChI is InChI=1S/C17H15BrClN3O2/c18-13-3-7-15(8-4-13)21-16(23)9-10-17(24)22-20-11-12-1-5-14(19)6-2-12/h1-8,11H,9-10H2,(H,21,23)(H,22,24)/b20-11-. The number of rotatable bonds is 6. The zero-order valence-corrected chi connectivity index (χ0v) is 15.0. The highest BCUT2D eigenvalue weighted by molar-refractivity contribution is 9.10. The highest BCUT2D eigenvalue weighted by atomic mass is 79.9. The topological polar surface area (TPSA) is 70.6 Å². The SMILES string of the molecule is O=C(CCC(=O)Nc1ccc(Br)cc1)N/N=C\c1ccc(Cl)cc1. The van der Waals surface area contributed by atoms with Gasteiger partial charge in [0.1, 0.15) is 0 Å². The first-order valence-corrected chi connectivity index (χ1v) is 8.33. The fraction of sp³-hybridized carbons (Fsp3) is 0.118. The number of nitrogens with zero attached hydrogens (tertiary/aromatic N) is 1. The Labute approximate surface area is 153 Å². The molecule has 0 unspecified atom stereocenters. The lowest BCUT2D eigenvalue weighted by molar-refractivity contribution is -0.124. The molecule has 0 saturated carbocycles. The van der Waals surface area contributed by atoms with Crippen molar-refractivity contribution in [1.29, 1.82) is 0 Å². The minimum absolute atomic E-state index is 0.0559.